The van der Waals surface area contributed by atoms with E-state index in [-0.39, 0.29) is 5.54 Å². The fourth-order valence-corrected chi connectivity index (χ4v) is 4.39. The Bertz CT molecular complexity index is 412. The Balaban J connectivity index is 1.86. The van der Waals surface area contributed by atoms with Crippen molar-refractivity contribution in [3.8, 4) is 0 Å². The summed E-state index contributed by atoms with van der Waals surface area (Å²) in [5.74, 6) is 2.48. The smallest absolute Gasteiger partial charge is 0.191 e. The van der Waals surface area contributed by atoms with Crippen molar-refractivity contribution in [2.24, 2.45) is 16.8 Å². The zero-order valence-corrected chi connectivity index (χ0v) is 17.1. The average Bonchev–Trinajstić information content (AvgIpc) is 2.65. The van der Waals surface area contributed by atoms with Gasteiger partial charge in [-0.05, 0) is 45.7 Å². The van der Waals surface area contributed by atoms with Gasteiger partial charge in [0.15, 0.2) is 5.96 Å². The van der Waals surface area contributed by atoms with Gasteiger partial charge in [-0.1, -0.05) is 39.0 Å². The summed E-state index contributed by atoms with van der Waals surface area (Å²) in [7, 11) is 6.23. The summed E-state index contributed by atoms with van der Waals surface area (Å²) in [6.45, 7) is 7.32. The number of ether oxygens (including phenoxy) is 1. The van der Waals surface area contributed by atoms with E-state index in [1.54, 1.807) is 0 Å². The third-order valence-electron chi connectivity index (χ3n) is 6.73. The summed E-state index contributed by atoms with van der Waals surface area (Å²) in [5, 5.41) is 7.24. The Kier molecular flexibility index (Phi) is 8.01. The van der Waals surface area contributed by atoms with Crippen LogP contribution in [-0.2, 0) is 4.74 Å². The van der Waals surface area contributed by atoms with Gasteiger partial charge in [0.2, 0.25) is 0 Å². The first kappa shape index (κ1) is 20.5. The first-order valence-corrected chi connectivity index (χ1v) is 10.2. The minimum Gasteiger partial charge on any atom is -0.381 e. The molecule has 2 aliphatic rings. The van der Waals surface area contributed by atoms with Crippen LogP contribution in [0.5, 0.6) is 0 Å². The van der Waals surface area contributed by atoms with Crippen molar-refractivity contribution in [3.05, 3.63) is 0 Å². The molecule has 1 heterocycles. The van der Waals surface area contributed by atoms with Crippen molar-refractivity contribution >= 4 is 5.96 Å². The molecule has 2 fully saturated rings. The van der Waals surface area contributed by atoms with Crippen LogP contribution in [0.4, 0.5) is 0 Å². The van der Waals surface area contributed by atoms with Crippen LogP contribution in [0.25, 0.3) is 0 Å². The molecule has 0 aromatic rings. The quantitative estimate of drug-likeness (QED) is 0.570. The third-order valence-corrected chi connectivity index (χ3v) is 6.73. The van der Waals surface area contributed by atoms with Gasteiger partial charge in [0.25, 0.3) is 0 Å². The first-order chi connectivity index (χ1) is 12.0. The van der Waals surface area contributed by atoms with Crippen molar-refractivity contribution in [1.82, 2.24) is 15.5 Å². The van der Waals surface area contributed by atoms with E-state index >= 15 is 0 Å². The SMILES string of the molecule is CN=C(NCC1(N(C)C)CCOCC1)NC(C)C(C)C1CCCCC1. The van der Waals surface area contributed by atoms with Crippen LogP contribution in [0, 0.1) is 11.8 Å². The lowest BCUT2D eigenvalue weighted by atomic mass is 9.78. The highest BCUT2D eigenvalue weighted by molar-refractivity contribution is 5.80. The molecule has 2 rings (SSSR count). The molecular formula is C20H40N4O. The fraction of sp³-hybridized carbons (Fsp3) is 0.950. The van der Waals surface area contributed by atoms with Gasteiger partial charge in [-0.2, -0.15) is 0 Å². The third kappa shape index (κ3) is 5.58. The number of rotatable bonds is 6. The van der Waals surface area contributed by atoms with Gasteiger partial charge in [-0.15, -0.1) is 0 Å². The topological polar surface area (TPSA) is 48.9 Å². The van der Waals surface area contributed by atoms with Crippen LogP contribution in [-0.4, -0.2) is 63.3 Å². The zero-order valence-electron chi connectivity index (χ0n) is 17.1. The van der Waals surface area contributed by atoms with Crippen LogP contribution < -0.4 is 10.6 Å². The lowest BCUT2D eigenvalue weighted by Crippen LogP contribution is -2.58. The maximum atomic E-state index is 5.57. The van der Waals surface area contributed by atoms with Crippen LogP contribution >= 0.6 is 0 Å². The molecule has 2 N–H and O–H groups in total. The van der Waals surface area contributed by atoms with Crippen molar-refractivity contribution in [2.45, 2.75) is 70.4 Å². The van der Waals surface area contributed by atoms with Crippen LogP contribution in [0.1, 0.15) is 58.8 Å². The normalized spacial score (nSPS) is 24.8. The Morgan fingerprint density at radius 3 is 2.36 bits per heavy atom. The van der Waals surface area contributed by atoms with Gasteiger partial charge in [0.1, 0.15) is 0 Å². The summed E-state index contributed by atoms with van der Waals surface area (Å²) >= 11 is 0. The maximum absolute atomic E-state index is 5.57. The van der Waals surface area contributed by atoms with Gasteiger partial charge in [0.05, 0.1) is 0 Å². The maximum Gasteiger partial charge on any atom is 0.191 e. The number of nitrogens with zero attached hydrogens (tertiary/aromatic N) is 2. The van der Waals surface area contributed by atoms with Gasteiger partial charge in [-0.25, -0.2) is 0 Å². The van der Waals surface area contributed by atoms with E-state index in [1.807, 2.05) is 7.05 Å². The van der Waals surface area contributed by atoms with Crippen LogP contribution in [0.3, 0.4) is 0 Å². The standard InChI is InChI=1S/C20H40N4O/c1-16(18-9-7-6-8-10-18)17(2)23-19(21-3)22-15-20(24(4)5)11-13-25-14-12-20/h16-18H,6-15H2,1-5H3,(H2,21,22,23). The van der Waals surface area contributed by atoms with Crippen molar-refractivity contribution in [3.63, 3.8) is 0 Å². The molecule has 2 atom stereocenters. The predicted octanol–water partition coefficient (Wildman–Crippen LogP) is 2.87. The molecule has 1 aliphatic heterocycles. The molecule has 1 saturated heterocycles. The zero-order chi connectivity index (χ0) is 18.3. The first-order valence-electron chi connectivity index (χ1n) is 10.2. The number of likely N-dealkylation sites (N-methyl/N-ethyl adjacent to an activating group) is 1. The highest BCUT2D eigenvalue weighted by Gasteiger charge is 2.35. The summed E-state index contributed by atoms with van der Waals surface area (Å²) in [6.07, 6.45) is 9.15. The van der Waals surface area contributed by atoms with Gasteiger partial charge in [-0.3, -0.25) is 4.99 Å². The Labute approximate surface area is 155 Å². The molecule has 1 aliphatic carbocycles. The second kappa shape index (κ2) is 9.77. The Morgan fingerprint density at radius 1 is 1.16 bits per heavy atom. The molecule has 146 valence electrons. The summed E-state index contributed by atoms with van der Waals surface area (Å²) in [6, 6.07) is 0.444. The van der Waals surface area contributed by atoms with Crippen LogP contribution in [0.15, 0.2) is 4.99 Å². The highest BCUT2D eigenvalue weighted by atomic mass is 16.5. The van der Waals surface area contributed by atoms with E-state index in [0.717, 1.165) is 44.5 Å². The molecule has 5 heteroatoms. The van der Waals surface area contributed by atoms with Crippen molar-refractivity contribution < 1.29 is 4.74 Å². The molecule has 0 bridgehead atoms. The van der Waals surface area contributed by atoms with E-state index in [2.05, 4.69) is 48.5 Å². The Morgan fingerprint density at radius 2 is 1.80 bits per heavy atom. The molecule has 0 spiro atoms. The van der Waals surface area contributed by atoms with Crippen molar-refractivity contribution in [1.29, 1.82) is 0 Å². The van der Waals surface area contributed by atoms with E-state index < -0.39 is 0 Å². The van der Waals surface area contributed by atoms with E-state index in [0.29, 0.717) is 12.0 Å². The molecule has 0 aromatic carbocycles. The fourth-order valence-electron chi connectivity index (χ4n) is 4.39. The van der Waals surface area contributed by atoms with Crippen molar-refractivity contribution in [2.75, 3.05) is 40.9 Å². The second-order valence-electron chi connectivity index (χ2n) is 8.35. The lowest BCUT2D eigenvalue weighted by Gasteiger charge is -2.43. The number of nitrogens with one attached hydrogen (secondary N) is 2. The summed E-state index contributed by atoms with van der Waals surface area (Å²) in [5.41, 5.74) is 0.161. The molecule has 25 heavy (non-hydrogen) atoms. The molecular weight excluding hydrogens is 312 g/mol. The predicted molar refractivity (Wildman–Crippen MR) is 106 cm³/mol. The summed E-state index contributed by atoms with van der Waals surface area (Å²) < 4.78 is 5.57. The minimum absolute atomic E-state index is 0.161. The van der Waals surface area contributed by atoms with E-state index in [9.17, 15) is 0 Å². The van der Waals surface area contributed by atoms with E-state index in [4.69, 9.17) is 4.74 Å². The Hall–Kier alpha value is -0.810. The van der Waals surface area contributed by atoms with Gasteiger partial charge >= 0.3 is 0 Å². The number of hydrogen-bond acceptors (Lipinski definition) is 3. The van der Waals surface area contributed by atoms with Gasteiger partial charge < -0.3 is 20.3 Å². The molecule has 1 saturated carbocycles. The largest absolute Gasteiger partial charge is 0.381 e. The molecule has 0 aromatic heterocycles. The van der Waals surface area contributed by atoms with E-state index in [1.165, 1.54) is 32.1 Å². The van der Waals surface area contributed by atoms with Crippen LogP contribution in [0.2, 0.25) is 0 Å². The second-order valence-corrected chi connectivity index (χ2v) is 8.35. The summed E-state index contributed by atoms with van der Waals surface area (Å²) in [4.78, 5) is 6.83. The number of guanidine groups is 1. The molecule has 0 radical (unpaired) electrons. The molecule has 2 unspecified atom stereocenters. The average molecular weight is 353 g/mol. The number of hydrogen-bond donors (Lipinski definition) is 2. The van der Waals surface area contributed by atoms with Gasteiger partial charge in [0, 0.05) is 38.4 Å². The molecule has 0 amide bonds. The lowest BCUT2D eigenvalue weighted by molar-refractivity contribution is -0.00504. The highest BCUT2D eigenvalue weighted by Crippen LogP contribution is 2.31. The monoisotopic (exact) mass is 352 g/mol. The number of aliphatic imine (C=N–C) groups is 1. The molecule has 5 nitrogen and oxygen atoms in total. The minimum atomic E-state index is 0.161.